The summed E-state index contributed by atoms with van der Waals surface area (Å²) >= 11 is 1.47. The minimum absolute atomic E-state index is 0.165. The molecule has 1 fully saturated rings. The Hall–Kier alpha value is -2.73. The number of amidine groups is 1. The number of nitrogens with zero attached hydrogens (tertiary/aromatic N) is 3. The van der Waals surface area contributed by atoms with Crippen LogP contribution < -0.4 is 9.64 Å². The van der Waals surface area contributed by atoms with E-state index in [1.807, 2.05) is 30.3 Å². The minimum atomic E-state index is -0.165. The average Bonchev–Trinajstić information content (AvgIpc) is 3.13. The van der Waals surface area contributed by atoms with Crippen LogP contribution in [0.1, 0.15) is 24.5 Å². The van der Waals surface area contributed by atoms with Crippen LogP contribution in [-0.2, 0) is 4.79 Å². The molecule has 0 spiro atoms. The zero-order valence-corrected chi connectivity index (χ0v) is 18.3. The molecule has 0 unspecified atom stereocenters. The summed E-state index contributed by atoms with van der Waals surface area (Å²) in [6.45, 7) is 8.42. The maximum Gasteiger partial charge on any atom is 0.286 e. The van der Waals surface area contributed by atoms with Crippen LogP contribution in [0.4, 0.5) is 5.69 Å². The standard InChI is InChI=1S/C24H27N3O2S/c1-3-15-29-21-10-5-4-8-19(21)17-22-23(28)25-24(30-22)27-13-11-26(12-14-27)20-9-6-7-18(2)16-20/h4-10,16-17H,3,11-15H2,1-2H3. The molecule has 2 aliphatic rings. The molecule has 5 nitrogen and oxygen atoms in total. The van der Waals surface area contributed by atoms with Crippen molar-refractivity contribution in [3.8, 4) is 5.75 Å². The van der Waals surface area contributed by atoms with E-state index in [2.05, 4.69) is 52.9 Å². The van der Waals surface area contributed by atoms with Crippen molar-refractivity contribution in [2.45, 2.75) is 20.3 Å². The van der Waals surface area contributed by atoms with Crippen molar-refractivity contribution in [2.75, 3.05) is 37.7 Å². The van der Waals surface area contributed by atoms with E-state index in [1.165, 1.54) is 23.0 Å². The van der Waals surface area contributed by atoms with Gasteiger partial charge in [-0.05, 0) is 54.9 Å². The molecule has 0 saturated carbocycles. The topological polar surface area (TPSA) is 45.1 Å². The van der Waals surface area contributed by atoms with E-state index in [4.69, 9.17) is 4.74 Å². The maximum absolute atomic E-state index is 12.5. The number of aliphatic imine (C=N–C) groups is 1. The SMILES string of the molecule is CCCOc1ccccc1C=C1SC(N2CCN(c3cccc(C)c3)CC2)=NC1=O. The van der Waals surface area contributed by atoms with Crippen LogP contribution in [0.25, 0.3) is 6.08 Å². The van der Waals surface area contributed by atoms with Gasteiger partial charge in [-0.2, -0.15) is 4.99 Å². The van der Waals surface area contributed by atoms with E-state index in [9.17, 15) is 4.79 Å². The Morgan fingerprint density at radius 2 is 1.83 bits per heavy atom. The Kier molecular flexibility index (Phi) is 6.43. The molecule has 30 heavy (non-hydrogen) atoms. The van der Waals surface area contributed by atoms with Crippen LogP contribution in [0.2, 0.25) is 0 Å². The summed E-state index contributed by atoms with van der Waals surface area (Å²) in [6, 6.07) is 16.4. The number of thioether (sulfide) groups is 1. The van der Waals surface area contributed by atoms with Gasteiger partial charge in [0, 0.05) is 37.4 Å². The van der Waals surface area contributed by atoms with Crippen molar-refractivity contribution in [3.63, 3.8) is 0 Å². The monoisotopic (exact) mass is 421 g/mol. The highest BCUT2D eigenvalue weighted by Gasteiger charge is 2.28. The Bertz CT molecular complexity index is 978. The van der Waals surface area contributed by atoms with Crippen LogP contribution >= 0.6 is 11.8 Å². The highest BCUT2D eigenvalue weighted by molar-refractivity contribution is 8.18. The van der Waals surface area contributed by atoms with Crippen LogP contribution in [0, 0.1) is 6.92 Å². The molecule has 0 atom stereocenters. The zero-order chi connectivity index (χ0) is 20.9. The Balaban J connectivity index is 1.41. The number of carbonyl (C=O) groups is 1. The predicted molar refractivity (Wildman–Crippen MR) is 125 cm³/mol. The number of hydrogen-bond donors (Lipinski definition) is 0. The van der Waals surface area contributed by atoms with Crippen molar-refractivity contribution in [3.05, 3.63) is 64.6 Å². The van der Waals surface area contributed by atoms with Crippen LogP contribution in [-0.4, -0.2) is 48.8 Å². The van der Waals surface area contributed by atoms with Gasteiger partial charge in [-0.1, -0.05) is 37.3 Å². The molecule has 2 heterocycles. The molecule has 156 valence electrons. The number of benzene rings is 2. The summed E-state index contributed by atoms with van der Waals surface area (Å²) in [5.41, 5.74) is 3.45. The quantitative estimate of drug-likeness (QED) is 0.662. The molecule has 0 bridgehead atoms. The number of ether oxygens (including phenoxy) is 1. The summed E-state index contributed by atoms with van der Waals surface area (Å²) < 4.78 is 5.82. The van der Waals surface area contributed by atoms with E-state index in [1.54, 1.807) is 0 Å². The van der Waals surface area contributed by atoms with Gasteiger partial charge in [0.1, 0.15) is 5.75 Å². The predicted octanol–water partition coefficient (Wildman–Crippen LogP) is 4.58. The number of hydrogen-bond acceptors (Lipinski definition) is 5. The van der Waals surface area contributed by atoms with Gasteiger partial charge >= 0.3 is 0 Å². The third-order valence-electron chi connectivity index (χ3n) is 5.19. The molecule has 6 heteroatoms. The van der Waals surface area contributed by atoms with Crippen molar-refractivity contribution in [2.24, 2.45) is 4.99 Å². The molecular weight excluding hydrogens is 394 g/mol. The Morgan fingerprint density at radius 3 is 2.60 bits per heavy atom. The van der Waals surface area contributed by atoms with Crippen LogP contribution in [0.3, 0.4) is 0 Å². The molecule has 0 radical (unpaired) electrons. The largest absolute Gasteiger partial charge is 0.493 e. The lowest BCUT2D eigenvalue weighted by Crippen LogP contribution is -2.47. The number of aryl methyl sites for hydroxylation is 1. The number of piperazine rings is 1. The Morgan fingerprint density at radius 1 is 1.07 bits per heavy atom. The summed E-state index contributed by atoms with van der Waals surface area (Å²) in [4.78, 5) is 22.1. The fourth-order valence-corrected chi connectivity index (χ4v) is 4.55. The average molecular weight is 422 g/mol. The molecule has 1 amide bonds. The maximum atomic E-state index is 12.5. The highest BCUT2D eigenvalue weighted by Crippen LogP contribution is 2.33. The Labute approximate surface area is 182 Å². The molecule has 2 aromatic rings. The molecule has 2 aromatic carbocycles. The second kappa shape index (κ2) is 9.39. The number of carbonyl (C=O) groups excluding carboxylic acids is 1. The smallest absolute Gasteiger partial charge is 0.286 e. The van der Waals surface area contributed by atoms with E-state index in [-0.39, 0.29) is 5.91 Å². The van der Waals surface area contributed by atoms with Gasteiger partial charge in [0.05, 0.1) is 11.5 Å². The van der Waals surface area contributed by atoms with Gasteiger partial charge in [0.25, 0.3) is 5.91 Å². The fourth-order valence-electron chi connectivity index (χ4n) is 3.60. The molecular formula is C24H27N3O2S. The molecule has 2 aliphatic heterocycles. The first-order valence-electron chi connectivity index (χ1n) is 10.4. The van der Waals surface area contributed by atoms with Gasteiger partial charge in [0.2, 0.25) is 0 Å². The summed E-state index contributed by atoms with van der Waals surface area (Å²) in [6.07, 6.45) is 2.85. The molecule has 0 aromatic heterocycles. The van der Waals surface area contributed by atoms with E-state index < -0.39 is 0 Å². The van der Waals surface area contributed by atoms with Gasteiger partial charge in [-0.3, -0.25) is 4.79 Å². The van der Waals surface area contributed by atoms with Gasteiger partial charge in [0.15, 0.2) is 5.17 Å². The number of rotatable bonds is 5. The third kappa shape index (κ3) is 4.70. The van der Waals surface area contributed by atoms with Crippen LogP contribution in [0.5, 0.6) is 5.75 Å². The molecule has 1 saturated heterocycles. The number of amides is 1. The summed E-state index contributed by atoms with van der Waals surface area (Å²) in [5, 5.41) is 0.807. The minimum Gasteiger partial charge on any atom is -0.493 e. The molecule has 4 rings (SSSR count). The molecule has 0 N–H and O–H groups in total. The van der Waals surface area contributed by atoms with Crippen LogP contribution in [0.15, 0.2) is 58.4 Å². The van der Waals surface area contributed by atoms with Crippen molar-refractivity contribution in [1.29, 1.82) is 0 Å². The first-order chi connectivity index (χ1) is 14.6. The van der Waals surface area contributed by atoms with E-state index in [0.29, 0.717) is 11.5 Å². The van der Waals surface area contributed by atoms with Gasteiger partial charge in [-0.15, -0.1) is 0 Å². The summed E-state index contributed by atoms with van der Waals surface area (Å²) in [7, 11) is 0. The van der Waals surface area contributed by atoms with Gasteiger partial charge in [-0.25, -0.2) is 0 Å². The first kappa shape index (κ1) is 20.5. The van der Waals surface area contributed by atoms with E-state index in [0.717, 1.165) is 49.1 Å². The second-order valence-corrected chi connectivity index (χ2v) is 8.52. The zero-order valence-electron chi connectivity index (χ0n) is 17.5. The third-order valence-corrected chi connectivity index (χ3v) is 6.24. The highest BCUT2D eigenvalue weighted by atomic mass is 32.2. The van der Waals surface area contributed by atoms with E-state index >= 15 is 0 Å². The van der Waals surface area contributed by atoms with Crippen molar-refractivity contribution < 1.29 is 9.53 Å². The lowest BCUT2D eigenvalue weighted by Gasteiger charge is -2.36. The van der Waals surface area contributed by atoms with Crippen molar-refractivity contribution in [1.82, 2.24) is 4.90 Å². The van der Waals surface area contributed by atoms with Gasteiger partial charge < -0.3 is 14.5 Å². The lowest BCUT2D eigenvalue weighted by atomic mass is 10.2. The first-order valence-corrected chi connectivity index (χ1v) is 11.3. The van der Waals surface area contributed by atoms with Crippen molar-refractivity contribution >= 4 is 34.6 Å². The fraction of sp³-hybridized carbons (Fsp3) is 0.333. The second-order valence-electron chi connectivity index (χ2n) is 7.51. The summed E-state index contributed by atoms with van der Waals surface area (Å²) in [5.74, 6) is 0.641. The number of anilines is 1. The molecule has 0 aliphatic carbocycles. The number of para-hydroxylation sites is 1. The lowest BCUT2D eigenvalue weighted by molar-refractivity contribution is -0.113. The normalized spacial score (nSPS) is 18.1.